The standard InChI is InChI=1S/C43H48N2O6/c1-3-14-36(28-41(47)45-38(30-46)27-33-22-24-39(25-23-33)50-31-34-18-10-6-11-19-34)42(48)44-29-40(35-20-12-7-13-21-35)51-43(49)37(15-4-2)26-32-16-8-5-9-17-32/h3-13,16-25,36-38,40,46H,1-2,14-15,26-31H2,(H,44,48)(H,45,47)/t36-,37+,38+,40-/m1/s1. The molecule has 2 amide bonds. The van der Waals surface area contributed by atoms with Gasteiger partial charge in [-0.05, 0) is 60.1 Å². The third-order valence-electron chi connectivity index (χ3n) is 8.49. The highest BCUT2D eigenvalue weighted by molar-refractivity contribution is 5.86. The Morgan fingerprint density at radius 3 is 1.88 bits per heavy atom. The van der Waals surface area contributed by atoms with Gasteiger partial charge in [-0.3, -0.25) is 14.4 Å². The van der Waals surface area contributed by atoms with Crippen LogP contribution in [0.25, 0.3) is 0 Å². The molecule has 0 aliphatic heterocycles. The summed E-state index contributed by atoms with van der Waals surface area (Å²) >= 11 is 0. The van der Waals surface area contributed by atoms with Gasteiger partial charge in [0, 0.05) is 6.42 Å². The predicted octanol–water partition coefficient (Wildman–Crippen LogP) is 6.70. The molecule has 8 nitrogen and oxygen atoms in total. The van der Waals surface area contributed by atoms with Gasteiger partial charge >= 0.3 is 5.97 Å². The van der Waals surface area contributed by atoms with Gasteiger partial charge in [0.2, 0.25) is 11.8 Å². The first-order valence-corrected chi connectivity index (χ1v) is 17.3. The summed E-state index contributed by atoms with van der Waals surface area (Å²) in [5.74, 6) is -1.53. The van der Waals surface area contributed by atoms with Gasteiger partial charge in [-0.2, -0.15) is 0 Å². The van der Waals surface area contributed by atoms with Gasteiger partial charge in [0.15, 0.2) is 0 Å². The smallest absolute Gasteiger partial charge is 0.310 e. The van der Waals surface area contributed by atoms with Crippen LogP contribution in [0.15, 0.2) is 141 Å². The Morgan fingerprint density at radius 1 is 0.706 bits per heavy atom. The lowest BCUT2D eigenvalue weighted by atomic mass is 9.96. The van der Waals surface area contributed by atoms with Crippen LogP contribution in [0.5, 0.6) is 5.75 Å². The molecule has 0 bridgehead atoms. The molecule has 0 saturated carbocycles. The summed E-state index contributed by atoms with van der Waals surface area (Å²) in [6.45, 7) is 7.81. The lowest BCUT2D eigenvalue weighted by Crippen LogP contribution is -2.42. The van der Waals surface area contributed by atoms with E-state index in [1.54, 1.807) is 12.2 Å². The number of esters is 1. The van der Waals surface area contributed by atoms with Crippen LogP contribution < -0.4 is 15.4 Å². The van der Waals surface area contributed by atoms with Gasteiger partial charge in [0.25, 0.3) is 0 Å². The molecule has 0 heterocycles. The van der Waals surface area contributed by atoms with Gasteiger partial charge in [-0.25, -0.2) is 0 Å². The zero-order valence-electron chi connectivity index (χ0n) is 29.0. The number of nitrogens with one attached hydrogen (secondary N) is 2. The second-order valence-electron chi connectivity index (χ2n) is 12.5. The Morgan fingerprint density at radius 2 is 1.27 bits per heavy atom. The molecular formula is C43H48N2O6. The third-order valence-corrected chi connectivity index (χ3v) is 8.49. The van der Waals surface area contributed by atoms with E-state index < -0.39 is 24.0 Å². The molecule has 0 aromatic heterocycles. The fourth-order valence-corrected chi connectivity index (χ4v) is 5.74. The minimum Gasteiger partial charge on any atom is -0.489 e. The van der Waals surface area contributed by atoms with Crippen LogP contribution in [-0.4, -0.2) is 42.1 Å². The molecule has 0 aliphatic carbocycles. The lowest BCUT2D eigenvalue weighted by molar-refractivity contribution is -0.154. The molecule has 51 heavy (non-hydrogen) atoms. The van der Waals surface area contributed by atoms with Crippen LogP contribution >= 0.6 is 0 Å². The Bertz CT molecular complexity index is 1660. The molecule has 4 atom stereocenters. The molecule has 0 spiro atoms. The summed E-state index contributed by atoms with van der Waals surface area (Å²) in [5, 5.41) is 15.8. The van der Waals surface area contributed by atoms with Crippen LogP contribution in [0.3, 0.4) is 0 Å². The number of ether oxygens (including phenoxy) is 2. The molecule has 4 aromatic carbocycles. The number of allylic oxidation sites excluding steroid dienone is 2. The Balaban J connectivity index is 1.32. The molecular weight excluding hydrogens is 640 g/mol. The van der Waals surface area contributed by atoms with Crippen molar-refractivity contribution in [1.29, 1.82) is 0 Å². The quantitative estimate of drug-likeness (QED) is 0.0663. The summed E-state index contributed by atoms with van der Waals surface area (Å²) in [5.41, 5.74) is 3.74. The van der Waals surface area contributed by atoms with Crippen LogP contribution in [0.1, 0.15) is 47.6 Å². The predicted molar refractivity (Wildman–Crippen MR) is 200 cm³/mol. The number of hydrogen-bond acceptors (Lipinski definition) is 6. The van der Waals surface area contributed by atoms with E-state index in [2.05, 4.69) is 23.8 Å². The van der Waals surface area contributed by atoms with Crippen LogP contribution in [0.2, 0.25) is 0 Å². The Labute approximate surface area is 301 Å². The molecule has 266 valence electrons. The molecule has 0 fully saturated rings. The van der Waals surface area contributed by atoms with Crippen molar-refractivity contribution < 1.29 is 29.0 Å². The molecule has 0 saturated heterocycles. The van der Waals surface area contributed by atoms with E-state index in [1.165, 1.54) is 0 Å². The number of carbonyl (C=O) groups excluding carboxylic acids is 3. The summed E-state index contributed by atoms with van der Waals surface area (Å²) in [6, 6.07) is 35.9. The van der Waals surface area contributed by atoms with E-state index in [4.69, 9.17) is 9.47 Å². The van der Waals surface area contributed by atoms with E-state index in [0.717, 1.165) is 28.0 Å². The highest BCUT2D eigenvalue weighted by Crippen LogP contribution is 2.23. The molecule has 4 rings (SSSR count). The SMILES string of the molecule is C=CC[C@H](CC(=O)N[C@H](CO)Cc1ccc(OCc2ccccc2)cc1)C(=O)NC[C@@H](OC(=O)[C@@H](CC=C)Cc1ccccc1)c1ccccc1. The fraction of sp³-hybridized carbons (Fsp3) is 0.279. The number of amides is 2. The molecule has 0 unspecified atom stereocenters. The molecule has 8 heteroatoms. The average molecular weight is 689 g/mol. The van der Waals surface area contributed by atoms with Crippen molar-refractivity contribution in [3.63, 3.8) is 0 Å². The second kappa shape index (κ2) is 20.9. The second-order valence-corrected chi connectivity index (χ2v) is 12.5. The third kappa shape index (κ3) is 13.1. The minimum absolute atomic E-state index is 0.0281. The van der Waals surface area contributed by atoms with Gasteiger partial charge in [-0.1, -0.05) is 115 Å². The normalized spacial score (nSPS) is 13.1. The van der Waals surface area contributed by atoms with E-state index in [1.807, 2.05) is 115 Å². The zero-order valence-corrected chi connectivity index (χ0v) is 29.0. The molecule has 3 N–H and O–H groups in total. The van der Waals surface area contributed by atoms with Crippen molar-refractivity contribution in [2.45, 2.75) is 50.9 Å². The van der Waals surface area contributed by atoms with E-state index in [-0.39, 0.29) is 43.8 Å². The Hall–Kier alpha value is -5.47. The summed E-state index contributed by atoms with van der Waals surface area (Å²) in [7, 11) is 0. The van der Waals surface area contributed by atoms with Gasteiger partial charge in [0.1, 0.15) is 18.5 Å². The molecule has 0 aliphatic rings. The minimum atomic E-state index is -0.738. The summed E-state index contributed by atoms with van der Waals surface area (Å²) in [4.78, 5) is 40.0. The number of rotatable bonds is 21. The van der Waals surface area contributed by atoms with Crippen molar-refractivity contribution in [1.82, 2.24) is 10.6 Å². The highest BCUT2D eigenvalue weighted by atomic mass is 16.5. The maximum Gasteiger partial charge on any atom is 0.310 e. The number of aliphatic hydroxyl groups is 1. The van der Waals surface area contributed by atoms with Crippen molar-refractivity contribution in [2.24, 2.45) is 11.8 Å². The molecule has 0 radical (unpaired) electrons. The maximum atomic E-state index is 13.4. The first-order chi connectivity index (χ1) is 24.9. The number of aliphatic hydroxyl groups excluding tert-OH is 1. The van der Waals surface area contributed by atoms with Gasteiger partial charge in [0.05, 0.1) is 31.0 Å². The van der Waals surface area contributed by atoms with Crippen molar-refractivity contribution >= 4 is 17.8 Å². The highest BCUT2D eigenvalue weighted by Gasteiger charge is 2.27. The number of carbonyl (C=O) groups is 3. The number of benzene rings is 4. The molecule has 4 aromatic rings. The summed E-state index contributed by atoms with van der Waals surface area (Å²) in [6.07, 6.45) is 4.08. The first-order valence-electron chi connectivity index (χ1n) is 17.3. The number of hydrogen-bond donors (Lipinski definition) is 3. The van der Waals surface area contributed by atoms with E-state index in [9.17, 15) is 19.5 Å². The van der Waals surface area contributed by atoms with Gasteiger partial charge in [-0.15, -0.1) is 13.2 Å². The average Bonchev–Trinajstić information content (AvgIpc) is 3.16. The topological polar surface area (TPSA) is 114 Å². The largest absolute Gasteiger partial charge is 0.489 e. The van der Waals surface area contributed by atoms with E-state index in [0.29, 0.717) is 25.9 Å². The maximum absolute atomic E-state index is 13.4. The first kappa shape index (κ1) is 38.3. The zero-order chi connectivity index (χ0) is 36.3. The van der Waals surface area contributed by atoms with Gasteiger partial charge < -0.3 is 25.2 Å². The van der Waals surface area contributed by atoms with E-state index >= 15 is 0 Å². The van der Waals surface area contributed by atoms with Crippen LogP contribution in [0, 0.1) is 11.8 Å². The Kier molecular flexibility index (Phi) is 15.7. The van der Waals surface area contributed by atoms with Crippen molar-refractivity contribution in [3.05, 3.63) is 163 Å². The van der Waals surface area contributed by atoms with Crippen LogP contribution in [-0.2, 0) is 38.6 Å². The van der Waals surface area contributed by atoms with Crippen molar-refractivity contribution in [3.8, 4) is 5.75 Å². The summed E-state index contributed by atoms with van der Waals surface area (Å²) < 4.78 is 11.9. The van der Waals surface area contributed by atoms with Crippen molar-refractivity contribution in [2.75, 3.05) is 13.2 Å². The monoisotopic (exact) mass is 688 g/mol. The van der Waals surface area contributed by atoms with Crippen LogP contribution in [0.4, 0.5) is 0 Å². The fourth-order valence-electron chi connectivity index (χ4n) is 5.74. The lowest BCUT2D eigenvalue weighted by Gasteiger charge is -2.24.